The Morgan fingerprint density at radius 3 is 1.08 bits per heavy atom. The van der Waals surface area contributed by atoms with Crippen molar-refractivity contribution >= 4 is 75.1 Å². The highest BCUT2D eigenvalue weighted by molar-refractivity contribution is 7.27. The van der Waals surface area contributed by atoms with Gasteiger partial charge in [-0.25, -0.2) is 15.0 Å². The highest BCUT2D eigenvalue weighted by Gasteiger charge is 2.25. The van der Waals surface area contributed by atoms with Gasteiger partial charge in [0.2, 0.25) is 0 Å². The zero-order chi connectivity index (χ0) is 49.4. The van der Waals surface area contributed by atoms with E-state index in [0.29, 0.717) is 17.5 Å². The number of para-hydroxylation sites is 4. The predicted molar refractivity (Wildman–Crippen MR) is 314 cm³/mol. The summed E-state index contributed by atoms with van der Waals surface area (Å²) < 4.78 is 7.44. The molecule has 15 aromatic rings. The molecule has 0 atom stereocenters. The van der Waals surface area contributed by atoms with E-state index in [0.717, 1.165) is 61.4 Å². The Morgan fingerprint density at radius 2 is 0.587 bits per heavy atom. The molecule has 350 valence electrons. The van der Waals surface area contributed by atoms with Gasteiger partial charge in [0.05, 0.1) is 42.8 Å². The third-order valence-electron chi connectivity index (χ3n) is 14.8. The van der Waals surface area contributed by atoms with Crippen LogP contribution in [-0.4, -0.2) is 24.1 Å². The Labute approximate surface area is 436 Å². The SMILES string of the molecule is c1ccc(-c2ccc(-c3nc(-c4ccc(-c5ccccc5)cc4)nc(-c4ccccc4-n4c5ccccc5c5ccc6c7ccc8c9ccccc9n(-c9ccccc9-c9ccccc9)c8c7sc6c54)n3)cc2)cc1. The minimum Gasteiger partial charge on any atom is -0.307 e. The van der Waals surface area contributed by atoms with E-state index in [1.54, 1.807) is 0 Å². The highest BCUT2D eigenvalue weighted by Crippen LogP contribution is 2.48. The van der Waals surface area contributed by atoms with Gasteiger partial charge in [-0.1, -0.05) is 231 Å². The van der Waals surface area contributed by atoms with E-state index in [1.807, 2.05) is 23.5 Å². The van der Waals surface area contributed by atoms with Crippen LogP contribution in [0.4, 0.5) is 0 Å². The Hall–Kier alpha value is -9.75. The molecule has 0 N–H and O–H groups in total. The summed E-state index contributed by atoms with van der Waals surface area (Å²) in [5.41, 5.74) is 16.5. The first-order chi connectivity index (χ1) is 37.2. The lowest BCUT2D eigenvalue weighted by Crippen LogP contribution is -2.03. The third kappa shape index (κ3) is 7.03. The van der Waals surface area contributed by atoms with Crippen molar-refractivity contribution in [1.29, 1.82) is 0 Å². The number of fused-ring (bicyclic) bond motifs is 11. The van der Waals surface area contributed by atoms with Crippen molar-refractivity contribution in [3.05, 3.63) is 261 Å². The lowest BCUT2D eigenvalue weighted by atomic mass is 10.0. The molecule has 0 unspecified atom stereocenters. The molecule has 0 aliphatic heterocycles. The van der Waals surface area contributed by atoms with Crippen LogP contribution in [0.15, 0.2) is 261 Å². The van der Waals surface area contributed by atoms with Crippen molar-refractivity contribution in [2.75, 3.05) is 0 Å². The van der Waals surface area contributed by atoms with Gasteiger partial charge in [-0.05, 0) is 58.1 Å². The third-order valence-corrected chi connectivity index (χ3v) is 16.1. The van der Waals surface area contributed by atoms with Gasteiger partial charge < -0.3 is 9.13 Å². The molecule has 0 spiro atoms. The summed E-state index contributed by atoms with van der Waals surface area (Å²) in [5.74, 6) is 1.82. The van der Waals surface area contributed by atoms with Crippen molar-refractivity contribution in [3.63, 3.8) is 0 Å². The van der Waals surface area contributed by atoms with Crippen LogP contribution in [0.5, 0.6) is 0 Å². The average Bonchev–Trinajstić information content (AvgIpc) is 4.19. The van der Waals surface area contributed by atoms with E-state index < -0.39 is 0 Å². The molecule has 0 saturated heterocycles. The second kappa shape index (κ2) is 17.5. The zero-order valence-electron chi connectivity index (χ0n) is 40.5. The minimum absolute atomic E-state index is 0.600. The van der Waals surface area contributed by atoms with Gasteiger partial charge in [-0.3, -0.25) is 0 Å². The molecule has 4 aromatic heterocycles. The normalized spacial score (nSPS) is 11.7. The molecule has 0 bridgehead atoms. The van der Waals surface area contributed by atoms with Gasteiger partial charge in [0.15, 0.2) is 17.5 Å². The van der Waals surface area contributed by atoms with Crippen molar-refractivity contribution in [2.24, 2.45) is 0 Å². The maximum absolute atomic E-state index is 5.38. The van der Waals surface area contributed by atoms with E-state index in [-0.39, 0.29) is 0 Å². The monoisotopic (exact) mass is 973 g/mol. The first-order valence-corrected chi connectivity index (χ1v) is 26.2. The number of benzene rings is 11. The van der Waals surface area contributed by atoms with Crippen molar-refractivity contribution in [3.8, 4) is 78.9 Å². The fourth-order valence-electron chi connectivity index (χ4n) is 11.3. The molecule has 0 saturated carbocycles. The maximum Gasteiger partial charge on any atom is 0.166 e. The summed E-state index contributed by atoms with van der Waals surface area (Å²) in [5, 5.41) is 7.31. The molecule has 5 nitrogen and oxygen atoms in total. The molecular formula is C69H43N5S. The van der Waals surface area contributed by atoms with Crippen LogP contribution in [0.2, 0.25) is 0 Å². The first kappa shape index (κ1) is 42.9. The van der Waals surface area contributed by atoms with E-state index in [9.17, 15) is 0 Å². The average molecular weight is 974 g/mol. The van der Waals surface area contributed by atoms with Crippen molar-refractivity contribution in [1.82, 2.24) is 24.1 Å². The first-order valence-electron chi connectivity index (χ1n) is 25.3. The molecule has 6 heteroatoms. The Balaban J connectivity index is 0.966. The molecule has 75 heavy (non-hydrogen) atoms. The Bertz CT molecular complexity index is 4570. The molecular weight excluding hydrogens is 931 g/mol. The summed E-state index contributed by atoms with van der Waals surface area (Å²) in [4.78, 5) is 16.0. The molecule has 0 amide bonds. The lowest BCUT2D eigenvalue weighted by molar-refractivity contribution is 1.06. The number of hydrogen-bond acceptors (Lipinski definition) is 4. The number of hydrogen-bond donors (Lipinski definition) is 0. The fourth-order valence-corrected chi connectivity index (χ4v) is 12.7. The summed E-state index contributed by atoms with van der Waals surface area (Å²) in [6.07, 6.45) is 0. The largest absolute Gasteiger partial charge is 0.307 e. The van der Waals surface area contributed by atoms with Crippen LogP contribution in [0, 0.1) is 0 Å². The van der Waals surface area contributed by atoms with Crippen LogP contribution in [0.3, 0.4) is 0 Å². The minimum atomic E-state index is 0.600. The second-order valence-electron chi connectivity index (χ2n) is 19.1. The van der Waals surface area contributed by atoms with E-state index in [1.165, 1.54) is 63.9 Å². The Kier molecular flexibility index (Phi) is 10.00. The highest BCUT2D eigenvalue weighted by atomic mass is 32.1. The summed E-state index contributed by atoms with van der Waals surface area (Å²) in [6, 6.07) is 93.2. The van der Waals surface area contributed by atoms with Crippen molar-refractivity contribution in [2.45, 2.75) is 0 Å². The number of thiophene rings is 1. The molecule has 4 heterocycles. The smallest absolute Gasteiger partial charge is 0.166 e. The van der Waals surface area contributed by atoms with Crippen LogP contribution in [0.1, 0.15) is 0 Å². The van der Waals surface area contributed by atoms with Gasteiger partial charge in [0.25, 0.3) is 0 Å². The number of rotatable bonds is 8. The summed E-state index contributed by atoms with van der Waals surface area (Å²) >= 11 is 1.89. The lowest BCUT2D eigenvalue weighted by Gasteiger charge is -2.15. The van der Waals surface area contributed by atoms with Crippen LogP contribution >= 0.6 is 11.3 Å². The molecule has 0 aliphatic rings. The fraction of sp³-hybridized carbons (Fsp3) is 0. The van der Waals surface area contributed by atoms with Gasteiger partial charge in [0, 0.05) is 54.6 Å². The maximum atomic E-state index is 5.38. The molecule has 0 fully saturated rings. The van der Waals surface area contributed by atoms with Gasteiger partial charge >= 0.3 is 0 Å². The molecule has 15 rings (SSSR count). The molecule has 0 aliphatic carbocycles. The summed E-state index contributed by atoms with van der Waals surface area (Å²) in [7, 11) is 0. The standard InChI is InChI=1S/C69H43N5S/c1-4-18-44(19-5-1)46-32-36-49(37-33-46)67-70-68(50-38-34-47(35-39-50)45-20-6-2-7-21-45)72-69(71-67)58-27-13-17-31-62(58)74-61-30-16-12-26-53(61)55-41-43-57-56-42-40-54-52-25-11-15-29-60(52)73(63(54)65(56)75-66(57)64(55)74)59-28-14-10-24-51(59)48-22-8-3-9-23-48/h1-43H. The molecule has 11 aromatic carbocycles. The van der Waals surface area contributed by atoms with E-state index >= 15 is 0 Å². The van der Waals surface area contributed by atoms with Crippen LogP contribution in [0.25, 0.3) is 143 Å². The van der Waals surface area contributed by atoms with Gasteiger partial charge in [-0.15, -0.1) is 11.3 Å². The van der Waals surface area contributed by atoms with Crippen LogP contribution in [-0.2, 0) is 0 Å². The van der Waals surface area contributed by atoms with E-state index in [2.05, 4.69) is 258 Å². The molecule has 0 radical (unpaired) electrons. The van der Waals surface area contributed by atoms with Gasteiger partial charge in [0.1, 0.15) is 0 Å². The number of aromatic nitrogens is 5. The topological polar surface area (TPSA) is 48.5 Å². The number of nitrogens with zero attached hydrogens (tertiary/aromatic N) is 5. The zero-order valence-corrected chi connectivity index (χ0v) is 41.3. The Morgan fingerprint density at radius 1 is 0.240 bits per heavy atom. The summed E-state index contributed by atoms with van der Waals surface area (Å²) in [6.45, 7) is 0. The van der Waals surface area contributed by atoms with E-state index in [4.69, 9.17) is 15.0 Å². The quantitative estimate of drug-likeness (QED) is 0.152. The van der Waals surface area contributed by atoms with Crippen molar-refractivity contribution < 1.29 is 0 Å². The predicted octanol–water partition coefficient (Wildman–Crippen LogP) is 18.4. The second-order valence-corrected chi connectivity index (χ2v) is 20.1. The van der Waals surface area contributed by atoms with Crippen LogP contribution < -0.4 is 0 Å². The van der Waals surface area contributed by atoms with Gasteiger partial charge in [-0.2, -0.15) is 0 Å².